The minimum Gasteiger partial charge on any atom is -0.376 e. The predicted molar refractivity (Wildman–Crippen MR) is 84.3 cm³/mol. The summed E-state index contributed by atoms with van der Waals surface area (Å²) in [5.74, 6) is 0.0441. The fraction of sp³-hybridized carbons (Fsp3) is 0.588. The van der Waals surface area contributed by atoms with Crippen LogP contribution in [0.25, 0.3) is 0 Å². The van der Waals surface area contributed by atoms with Gasteiger partial charge in [0.2, 0.25) is 5.91 Å². The number of ether oxygens (including phenoxy) is 1. The summed E-state index contributed by atoms with van der Waals surface area (Å²) in [5, 5.41) is 6.29. The fourth-order valence-electron chi connectivity index (χ4n) is 2.56. The first-order valence-electron chi connectivity index (χ1n) is 7.77. The number of carbonyl (C=O) groups is 1. The van der Waals surface area contributed by atoms with Crippen molar-refractivity contribution in [3.05, 3.63) is 35.9 Å². The van der Waals surface area contributed by atoms with Crippen LogP contribution in [0.4, 0.5) is 0 Å². The molecular formula is C17H26N2O2. The van der Waals surface area contributed by atoms with Crippen LogP contribution in [0.2, 0.25) is 0 Å². The van der Waals surface area contributed by atoms with E-state index in [0.717, 1.165) is 31.5 Å². The summed E-state index contributed by atoms with van der Waals surface area (Å²) in [7, 11) is 0. The van der Waals surface area contributed by atoms with E-state index in [1.807, 2.05) is 44.2 Å². The van der Waals surface area contributed by atoms with Crippen molar-refractivity contribution in [3.63, 3.8) is 0 Å². The molecule has 4 nitrogen and oxygen atoms in total. The molecule has 0 unspecified atom stereocenters. The van der Waals surface area contributed by atoms with Crippen LogP contribution < -0.4 is 10.6 Å². The van der Waals surface area contributed by atoms with E-state index in [0.29, 0.717) is 19.3 Å². The largest absolute Gasteiger partial charge is 0.376 e. The second kappa shape index (κ2) is 7.57. The van der Waals surface area contributed by atoms with E-state index in [2.05, 4.69) is 10.6 Å². The molecule has 1 heterocycles. The van der Waals surface area contributed by atoms with Crippen molar-refractivity contribution in [3.8, 4) is 0 Å². The molecule has 116 valence electrons. The van der Waals surface area contributed by atoms with Crippen LogP contribution in [0.5, 0.6) is 0 Å². The molecule has 0 radical (unpaired) electrons. The molecule has 0 saturated carbocycles. The van der Waals surface area contributed by atoms with E-state index in [9.17, 15) is 4.79 Å². The van der Waals surface area contributed by atoms with Crippen LogP contribution >= 0.6 is 0 Å². The second-order valence-electron chi connectivity index (χ2n) is 6.07. The molecule has 0 aromatic heterocycles. The van der Waals surface area contributed by atoms with E-state index >= 15 is 0 Å². The van der Waals surface area contributed by atoms with Gasteiger partial charge in [0.05, 0.1) is 18.1 Å². The van der Waals surface area contributed by atoms with Crippen molar-refractivity contribution < 1.29 is 9.53 Å². The number of carbonyl (C=O) groups excluding carboxylic acids is 1. The molecule has 1 aliphatic rings. The Hall–Kier alpha value is -1.39. The Labute approximate surface area is 127 Å². The molecule has 1 fully saturated rings. The minimum absolute atomic E-state index is 0.0441. The summed E-state index contributed by atoms with van der Waals surface area (Å²) in [4.78, 5) is 12.3. The Balaban J connectivity index is 1.73. The maximum atomic E-state index is 12.3. The number of amides is 1. The molecule has 4 heteroatoms. The zero-order valence-electron chi connectivity index (χ0n) is 13.0. The van der Waals surface area contributed by atoms with Crippen molar-refractivity contribution in [1.29, 1.82) is 0 Å². The molecule has 2 rings (SSSR count). The Morgan fingerprint density at radius 3 is 2.62 bits per heavy atom. The summed E-state index contributed by atoms with van der Waals surface area (Å²) in [6.45, 7) is 7.10. The standard InChI is InChI=1S/C17H26N2O2/c1-17(2,14-6-4-3-5-7-14)16(20)19-12-13-21-15-8-10-18-11-9-15/h3-7,15,18H,8-13H2,1-2H3,(H,19,20). The van der Waals surface area contributed by atoms with Gasteiger partial charge < -0.3 is 15.4 Å². The highest BCUT2D eigenvalue weighted by Crippen LogP contribution is 2.22. The molecule has 1 amide bonds. The van der Waals surface area contributed by atoms with Crippen molar-refractivity contribution in [2.24, 2.45) is 0 Å². The lowest BCUT2D eigenvalue weighted by Gasteiger charge is -2.25. The van der Waals surface area contributed by atoms with Crippen LogP contribution in [0, 0.1) is 0 Å². The molecule has 1 aliphatic heterocycles. The van der Waals surface area contributed by atoms with Gasteiger partial charge in [-0.3, -0.25) is 4.79 Å². The SMILES string of the molecule is CC(C)(C(=O)NCCOC1CCNCC1)c1ccccc1. The summed E-state index contributed by atoms with van der Waals surface area (Å²) in [5.41, 5.74) is 0.512. The van der Waals surface area contributed by atoms with Gasteiger partial charge in [0, 0.05) is 6.54 Å². The minimum atomic E-state index is -0.518. The number of rotatable bonds is 6. The molecule has 1 saturated heterocycles. The van der Waals surface area contributed by atoms with Crippen LogP contribution in [0.15, 0.2) is 30.3 Å². The third kappa shape index (κ3) is 4.55. The highest BCUT2D eigenvalue weighted by molar-refractivity contribution is 5.87. The zero-order chi connectivity index (χ0) is 15.1. The van der Waals surface area contributed by atoms with Crippen molar-refractivity contribution in [1.82, 2.24) is 10.6 Å². The lowest BCUT2D eigenvalue weighted by atomic mass is 9.84. The molecule has 1 aromatic carbocycles. The molecule has 0 bridgehead atoms. The van der Waals surface area contributed by atoms with Gasteiger partial charge in [0.15, 0.2) is 0 Å². The van der Waals surface area contributed by atoms with Crippen molar-refractivity contribution in [2.75, 3.05) is 26.2 Å². The van der Waals surface area contributed by atoms with Crippen LogP contribution in [-0.2, 0) is 14.9 Å². The van der Waals surface area contributed by atoms with Gasteiger partial charge >= 0.3 is 0 Å². The van der Waals surface area contributed by atoms with E-state index in [1.54, 1.807) is 0 Å². The van der Waals surface area contributed by atoms with Crippen molar-refractivity contribution >= 4 is 5.91 Å². The fourth-order valence-corrected chi connectivity index (χ4v) is 2.56. The Kier molecular flexibility index (Phi) is 5.76. The average Bonchev–Trinajstić information content (AvgIpc) is 2.53. The summed E-state index contributed by atoms with van der Waals surface area (Å²) in [6.07, 6.45) is 2.46. The number of benzene rings is 1. The Morgan fingerprint density at radius 2 is 1.95 bits per heavy atom. The van der Waals surface area contributed by atoms with Crippen LogP contribution in [-0.4, -0.2) is 38.3 Å². The van der Waals surface area contributed by atoms with E-state index in [4.69, 9.17) is 4.74 Å². The molecule has 0 aliphatic carbocycles. The van der Waals surface area contributed by atoms with Crippen molar-refractivity contribution in [2.45, 2.75) is 38.2 Å². The van der Waals surface area contributed by atoms with Gasteiger partial charge in [-0.15, -0.1) is 0 Å². The highest BCUT2D eigenvalue weighted by atomic mass is 16.5. The molecule has 21 heavy (non-hydrogen) atoms. The van der Waals surface area contributed by atoms with Crippen LogP contribution in [0.3, 0.4) is 0 Å². The Bertz CT molecular complexity index is 439. The third-order valence-electron chi connectivity index (χ3n) is 4.09. The van der Waals surface area contributed by atoms with Crippen LogP contribution in [0.1, 0.15) is 32.3 Å². The first-order valence-corrected chi connectivity index (χ1v) is 7.77. The first-order chi connectivity index (χ1) is 10.1. The Morgan fingerprint density at radius 1 is 1.29 bits per heavy atom. The molecular weight excluding hydrogens is 264 g/mol. The van der Waals surface area contributed by atoms with Gasteiger partial charge in [-0.2, -0.15) is 0 Å². The molecule has 2 N–H and O–H groups in total. The maximum Gasteiger partial charge on any atom is 0.230 e. The molecule has 1 aromatic rings. The second-order valence-corrected chi connectivity index (χ2v) is 6.07. The van der Waals surface area contributed by atoms with Gasteiger partial charge in [-0.1, -0.05) is 30.3 Å². The lowest BCUT2D eigenvalue weighted by Crippen LogP contribution is -2.42. The lowest BCUT2D eigenvalue weighted by molar-refractivity contribution is -0.126. The van der Waals surface area contributed by atoms with E-state index < -0.39 is 5.41 Å². The normalized spacial score (nSPS) is 16.7. The number of hydrogen-bond donors (Lipinski definition) is 2. The average molecular weight is 290 g/mol. The van der Waals surface area contributed by atoms with Gasteiger partial charge in [-0.25, -0.2) is 0 Å². The number of piperidine rings is 1. The van der Waals surface area contributed by atoms with E-state index in [-0.39, 0.29) is 5.91 Å². The first kappa shape index (κ1) is 16.0. The molecule has 0 spiro atoms. The van der Waals surface area contributed by atoms with Gasteiger partial charge in [0.1, 0.15) is 0 Å². The summed E-state index contributed by atoms with van der Waals surface area (Å²) in [6, 6.07) is 9.87. The monoisotopic (exact) mass is 290 g/mol. The van der Waals surface area contributed by atoms with E-state index in [1.165, 1.54) is 0 Å². The zero-order valence-corrected chi connectivity index (χ0v) is 13.0. The smallest absolute Gasteiger partial charge is 0.230 e. The number of hydrogen-bond acceptors (Lipinski definition) is 3. The number of nitrogens with one attached hydrogen (secondary N) is 2. The predicted octanol–water partition coefficient (Wildman–Crippen LogP) is 1.85. The summed E-state index contributed by atoms with van der Waals surface area (Å²) >= 11 is 0. The topological polar surface area (TPSA) is 50.4 Å². The van der Waals surface area contributed by atoms with Gasteiger partial charge in [-0.05, 0) is 45.3 Å². The van der Waals surface area contributed by atoms with Gasteiger partial charge in [0.25, 0.3) is 0 Å². The highest BCUT2D eigenvalue weighted by Gasteiger charge is 2.29. The maximum absolute atomic E-state index is 12.3. The quantitative estimate of drug-likeness (QED) is 0.786. The molecule has 0 atom stereocenters. The third-order valence-corrected chi connectivity index (χ3v) is 4.09. The summed E-state index contributed by atoms with van der Waals surface area (Å²) < 4.78 is 5.80.